The quantitative estimate of drug-likeness (QED) is 0.449. The van der Waals surface area contributed by atoms with Gasteiger partial charge in [-0.1, -0.05) is 80.1 Å². The van der Waals surface area contributed by atoms with Gasteiger partial charge in [-0.2, -0.15) is 0 Å². The number of allylic oxidation sites excluding steroid dienone is 9. The van der Waals surface area contributed by atoms with Crippen molar-refractivity contribution in [3.63, 3.8) is 0 Å². The smallest absolute Gasteiger partial charge is 0.328 e. The number of carboxylic acids is 1. The van der Waals surface area contributed by atoms with Gasteiger partial charge in [0.1, 0.15) is 0 Å². The molecule has 0 amide bonds. The molecule has 1 aliphatic rings. The van der Waals surface area contributed by atoms with Gasteiger partial charge >= 0.3 is 5.97 Å². The van der Waals surface area contributed by atoms with Gasteiger partial charge in [0.15, 0.2) is 0 Å². The van der Waals surface area contributed by atoms with Crippen molar-refractivity contribution in [2.24, 2.45) is 5.41 Å². The summed E-state index contributed by atoms with van der Waals surface area (Å²) in [6, 6.07) is 10.3. The molecule has 0 unspecified atom stereocenters. The van der Waals surface area contributed by atoms with Crippen molar-refractivity contribution in [2.45, 2.75) is 47.0 Å². The zero-order valence-electron chi connectivity index (χ0n) is 16.8. The summed E-state index contributed by atoms with van der Waals surface area (Å²) in [6.07, 6.45) is 15.1. The van der Waals surface area contributed by atoms with E-state index in [1.807, 2.05) is 36.4 Å². The Morgan fingerprint density at radius 2 is 1.85 bits per heavy atom. The fourth-order valence-corrected chi connectivity index (χ4v) is 3.61. The Balaban J connectivity index is 2.35. The first-order chi connectivity index (χ1) is 12.8. The first-order valence-electron chi connectivity index (χ1n) is 9.53. The van der Waals surface area contributed by atoms with Crippen molar-refractivity contribution in [3.05, 3.63) is 89.1 Å². The van der Waals surface area contributed by atoms with Crippen molar-refractivity contribution in [1.82, 2.24) is 0 Å². The third-order valence-corrected chi connectivity index (χ3v) is 5.07. The Bertz CT molecular complexity index is 815. The lowest BCUT2D eigenvalue weighted by Gasteiger charge is -2.33. The third-order valence-electron chi connectivity index (χ3n) is 5.07. The highest BCUT2D eigenvalue weighted by Crippen LogP contribution is 2.41. The van der Waals surface area contributed by atoms with Crippen LogP contribution in [0.5, 0.6) is 0 Å². The molecule has 2 nitrogen and oxygen atoms in total. The molecule has 0 bridgehead atoms. The third kappa shape index (κ3) is 6.25. The van der Waals surface area contributed by atoms with Gasteiger partial charge in [0, 0.05) is 6.08 Å². The normalized spacial score (nSPS) is 18.5. The molecule has 0 radical (unpaired) electrons. The molecular formula is C25H30O2. The van der Waals surface area contributed by atoms with E-state index in [0.29, 0.717) is 5.57 Å². The number of carboxylic acid groups (broad SMARTS) is 1. The Hall–Kier alpha value is -2.61. The molecule has 0 spiro atoms. The van der Waals surface area contributed by atoms with Crippen molar-refractivity contribution >= 4 is 11.5 Å². The average Bonchev–Trinajstić information content (AvgIpc) is 2.59. The zero-order chi connectivity index (χ0) is 19.9. The Morgan fingerprint density at radius 3 is 2.48 bits per heavy atom. The van der Waals surface area contributed by atoms with Crippen molar-refractivity contribution in [3.8, 4) is 0 Å². The Morgan fingerprint density at radius 1 is 1.15 bits per heavy atom. The summed E-state index contributed by atoms with van der Waals surface area (Å²) in [4.78, 5) is 10.8. The van der Waals surface area contributed by atoms with Crippen LogP contribution in [0.4, 0.5) is 0 Å². The highest BCUT2D eigenvalue weighted by molar-refractivity contribution is 5.81. The zero-order valence-corrected chi connectivity index (χ0v) is 16.8. The number of hydrogen-bond donors (Lipinski definition) is 1. The summed E-state index contributed by atoms with van der Waals surface area (Å²) >= 11 is 0. The minimum absolute atomic E-state index is 0.206. The Kier molecular flexibility index (Phi) is 7.18. The van der Waals surface area contributed by atoms with Crippen molar-refractivity contribution in [1.29, 1.82) is 0 Å². The van der Waals surface area contributed by atoms with Crippen LogP contribution in [0.25, 0.3) is 5.57 Å². The van der Waals surface area contributed by atoms with Gasteiger partial charge in [0.05, 0.1) is 0 Å². The standard InChI is InChI=1S/C25H30O2/c1-19(18-24(26)27)10-8-14-22(21-12-6-5-7-13-21)15-16-23-20(2)11-9-17-25(23,3)4/h5-8,10,12-16,18H,9,11,17H2,1-4H3,(H,26,27)/b10-8+,16-15+,19-18+,22-14-. The maximum absolute atomic E-state index is 10.8. The number of hydrogen-bond acceptors (Lipinski definition) is 1. The van der Waals surface area contributed by atoms with E-state index in [1.54, 1.807) is 6.92 Å². The molecule has 0 aromatic heterocycles. The van der Waals surface area contributed by atoms with Crippen LogP contribution in [0.15, 0.2) is 83.5 Å². The van der Waals surface area contributed by atoms with Gasteiger partial charge in [-0.3, -0.25) is 0 Å². The lowest BCUT2D eigenvalue weighted by Crippen LogP contribution is -2.19. The fraction of sp³-hybridized carbons (Fsp3) is 0.320. The highest BCUT2D eigenvalue weighted by atomic mass is 16.4. The maximum Gasteiger partial charge on any atom is 0.328 e. The summed E-state index contributed by atoms with van der Waals surface area (Å²) < 4.78 is 0. The lowest BCUT2D eigenvalue weighted by molar-refractivity contribution is -0.131. The molecule has 142 valence electrons. The minimum Gasteiger partial charge on any atom is -0.478 e. The topological polar surface area (TPSA) is 37.3 Å². The molecule has 0 heterocycles. The van der Waals surface area contributed by atoms with Crippen LogP contribution in [0.2, 0.25) is 0 Å². The van der Waals surface area contributed by atoms with Gasteiger partial charge in [0.2, 0.25) is 0 Å². The summed E-state index contributed by atoms with van der Waals surface area (Å²) in [5.41, 5.74) is 6.08. The first-order valence-corrected chi connectivity index (χ1v) is 9.53. The van der Waals surface area contributed by atoms with Crippen LogP contribution >= 0.6 is 0 Å². The summed E-state index contributed by atoms with van der Waals surface area (Å²) in [5.74, 6) is -0.925. The fourth-order valence-electron chi connectivity index (χ4n) is 3.61. The van der Waals surface area contributed by atoms with E-state index in [1.165, 1.54) is 36.5 Å². The molecule has 0 atom stereocenters. The van der Waals surface area contributed by atoms with Gasteiger partial charge in [-0.25, -0.2) is 4.79 Å². The summed E-state index contributed by atoms with van der Waals surface area (Å²) in [6.45, 7) is 8.67. The average molecular weight is 363 g/mol. The SMILES string of the molecule is CC1=C(/C=C/C(=C/C=C/C(C)=C/C(=O)O)c2ccccc2)C(C)(C)CCC1. The summed E-state index contributed by atoms with van der Waals surface area (Å²) in [7, 11) is 0. The van der Waals surface area contributed by atoms with E-state index in [9.17, 15) is 4.79 Å². The Labute approximate surface area is 163 Å². The predicted molar refractivity (Wildman–Crippen MR) is 114 cm³/mol. The number of aliphatic carboxylic acids is 1. The molecule has 0 aliphatic heterocycles. The second kappa shape index (κ2) is 9.36. The number of carbonyl (C=O) groups is 1. The molecule has 1 aromatic carbocycles. The lowest BCUT2D eigenvalue weighted by atomic mass is 9.72. The van der Waals surface area contributed by atoms with Gasteiger partial charge in [-0.05, 0) is 60.8 Å². The van der Waals surface area contributed by atoms with Crippen LogP contribution in [-0.4, -0.2) is 11.1 Å². The molecule has 1 aromatic rings. The van der Waals surface area contributed by atoms with E-state index in [0.717, 1.165) is 11.1 Å². The molecule has 2 rings (SSSR count). The predicted octanol–water partition coefficient (Wildman–Crippen LogP) is 6.74. The van der Waals surface area contributed by atoms with E-state index < -0.39 is 5.97 Å². The van der Waals surface area contributed by atoms with Crippen molar-refractivity contribution in [2.75, 3.05) is 0 Å². The van der Waals surface area contributed by atoms with E-state index >= 15 is 0 Å². The molecule has 0 saturated heterocycles. The van der Waals surface area contributed by atoms with Crippen LogP contribution in [-0.2, 0) is 4.79 Å². The second-order valence-electron chi connectivity index (χ2n) is 7.84. The minimum atomic E-state index is -0.925. The van der Waals surface area contributed by atoms with Crippen LogP contribution < -0.4 is 0 Å². The highest BCUT2D eigenvalue weighted by Gasteiger charge is 2.26. The molecule has 27 heavy (non-hydrogen) atoms. The van der Waals surface area contributed by atoms with E-state index in [4.69, 9.17) is 5.11 Å². The van der Waals surface area contributed by atoms with Gasteiger partial charge in [-0.15, -0.1) is 0 Å². The monoisotopic (exact) mass is 362 g/mol. The molecule has 0 saturated carbocycles. The van der Waals surface area contributed by atoms with Gasteiger partial charge in [0.25, 0.3) is 0 Å². The first kappa shape index (κ1) is 20.7. The maximum atomic E-state index is 10.8. The number of benzene rings is 1. The van der Waals surface area contributed by atoms with Crippen LogP contribution in [0, 0.1) is 5.41 Å². The van der Waals surface area contributed by atoms with E-state index in [2.05, 4.69) is 45.1 Å². The number of rotatable bonds is 6. The molecule has 1 aliphatic carbocycles. The largest absolute Gasteiger partial charge is 0.478 e. The van der Waals surface area contributed by atoms with Crippen molar-refractivity contribution < 1.29 is 9.90 Å². The second-order valence-corrected chi connectivity index (χ2v) is 7.84. The summed E-state index contributed by atoms with van der Waals surface area (Å²) in [5, 5.41) is 8.83. The molecule has 2 heteroatoms. The molecule has 1 N–H and O–H groups in total. The van der Waals surface area contributed by atoms with Crippen LogP contribution in [0.3, 0.4) is 0 Å². The molecular weight excluding hydrogens is 332 g/mol. The van der Waals surface area contributed by atoms with E-state index in [-0.39, 0.29) is 5.41 Å². The van der Waals surface area contributed by atoms with Crippen LogP contribution in [0.1, 0.15) is 52.5 Å². The van der Waals surface area contributed by atoms with Gasteiger partial charge < -0.3 is 5.11 Å². The molecule has 0 fully saturated rings.